The number of unbranched alkanes of at least 4 members (excludes halogenated alkanes) is 3. The Kier molecular flexibility index (Phi) is 6.67. The molecule has 1 saturated heterocycles. The van der Waals surface area contributed by atoms with Crippen LogP contribution in [0.5, 0.6) is 0 Å². The van der Waals surface area contributed by atoms with Crippen LogP contribution in [0.4, 0.5) is 0 Å². The number of rotatable bonds is 8. The number of hydrogen-bond donors (Lipinski definition) is 1. The van der Waals surface area contributed by atoms with Gasteiger partial charge < -0.3 is 14.4 Å². The third kappa shape index (κ3) is 4.73. The van der Waals surface area contributed by atoms with E-state index in [9.17, 15) is 5.11 Å². The minimum absolute atomic E-state index is 0.0391. The quantitative estimate of drug-likeness (QED) is 0.376. The molecule has 0 radical (unpaired) electrons. The van der Waals surface area contributed by atoms with E-state index in [0.717, 1.165) is 25.8 Å². The number of fused-ring (bicyclic) bond motifs is 3. The molecule has 0 spiro atoms. The van der Waals surface area contributed by atoms with E-state index in [0.29, 0.717) is 17.6 Å². The first-order valence-electron chi connectivity index (χ1n) is 12.5. The Bertz CT molecular complexity index is 879. The highest BCUT2D eigenvalue weighted by Crippen LogP contribution is 2.53. The lowest BCUT2D eigenvalue weighted by molar-refractivity contribution is -0.177. The maximum atomic E-state index is 11.3. The molecule has 176 valence electrons. The summed E-state index contributed by atoms with van der Waals surface area (Å²) < 4.78 is 8.73. The molecular weight excluding hydrogens is 398 g/mol. The molecule has 0 amide bonds. The molecule has 4 rings (SSSR count). The molecule has 5 heteroatoms. The van der Waals surface area contributed by atoms with E-state index in [1.807, 2.05) is 4.57 Å². The lowest BCUT2D eigenvalue weighted by Crippen LogP contribution is -2.54. The SMILES string of the molecule is CCCCCCC(C)(C)C1=CC2OC(C)(C)[C@H]3CC=C(Cn4cnnc4)CC3[C@@H]2C(O)=C1. The van der Waals surface area contributed by atoms with Crippen molar-refractivity contribution in [2.45, 2.75) is 97.8 Å². The molecule has 1 aromatic rings. The summed E-state index contributed by atoms with van der Waals surface area (Å²) in [7, 11) is 0. The molecule has 32 heavy (non-hydrogen) atoms. The zero-order valence-electron chi connectivity index (χ0n) is 20.6. The summed E-state index contributed by atoms with van der Waals surface area (Å²) in [5, 5.41) is 19.2. The summed E-state index contributed by atoms with van der Waals surface area (Å²) in [6.45, 7) is 12.2. The van der Waals surface area contributed by atoms with Crippen LogP contribution in [0.3, 0.4) is 0 Å². The van der Waals surface area contributed by atoms with Gasteiger partial charge in [0, 0.05) is 12.5 Å². The fourth-order valence-corrected chi connectivity index (χ4v) is 6.16. The van der Waals surface area contributed by atoms with Gasteiger partial charge in [0.25, 0.3) is 0 Å². The molecule has 1 aromatic heterocycles. The van der Waals surface area contributed by atoms with Gasteiger partial charge in [0.15, 0.2) is 0 Å². The molecule has 5 nitrogen and oxygen atoms in total. The van der Waals surface area contributed by atoms with Crippen LogP contribution in [0.15, 0.2) is 47.8 Å². The van der Waals surface area contributed by atoms with Crippen molar-refractivity contribution in [1.82, 2.24) is 14.8 Å². The van der Waals surface area contributed by atoms with E-state index < -0.39 is 0 Å². The van der Waals surface area contributed by atoms with Crippen molar-refractivity contribution >= 4 is 0 Å². The van der Waals surface area contributed by atoms with Crippen LogP contribution in [0.2, 0.25) is 0 Å². The first-order chi connectivity index (χ1) is 15.2. The molecule has 0 aromatic carbocycles. The molecule has 1 N–H and O–H groups in total. The molecule has 3 aliphatic rings. The minimum Gasteiger partial charge on any atom is -0.512 e. The van der Waals surface area contributed by atoms with Gasteiger partial charge in [0.2, 0.25) is 0 Å². The molecule has 1 aliphatic heterocycles. The van der Waals surface area contributed by atoms with Gasteiger partial charge in [-0.05, 0) is 62.0 Å². The number of hydrogen-bond acceptors (Lipinski definition) is 4. The average molecular weight is 440 g/mol. The van der Waals surface area contributed by atoms with Crippen molar-refractivity contribution in [2.24, 2.45) is 23.2 Å². The molecule has 4 atom stereocenters. The fraction of sp³-hybridized carbons (Fsp3) is 0.704. The topological polar surface area (TPSA) is 60.2 Å². The predicted octanol–water partition coefficient (Wildman–Crippen LogP) is 6.40. The summed E-state index contributed by atoms with van der Waals surface area (Å²) in [5.41, 5.74) is 2.47. The van der Waals surface area contributed by atoms with Gasteiger partial charge in [-0.25, -0.2) is 0 Å². The van der Waals surface area contributed by atoms with E-state index in [1.54, 1.807) is 12.7 Å². The summed E-state index contributed by atoms with van der Waals surface area (Å²) >= 11 is 0. The van der Waals surface area contributed by atoms with Gasteiger partial charge in [-0.1, -0.05) is 64.2 Å². The third-order valence-corrected chi connectivity index (χ3v) is 8.10. The Morgan fingerprint density at radius 2 is 1.94 bits per heavy atom. The molecule has 0 bridgehead atoms. The van der Waals surface area contributed by atoms with Crippen molar-refractivity contribution in [3.63, 3.8) is 0 Å². The van der Waals surface area contributed by atoms with Crippen molar-refractivity contribution < 1.29 is 9.84 Å². The fourth-order valence-electron chi connectivity index (χ4n) is 6.16. The maximum absolute atomic E-state index is 11.3. The summed E-state index contributed by atoms with van der Waals surface area (Å²) in [5.74, 6) is 1.34. The number of allylic oxidation sites excluding steroid dienone is 4. The highest BCUT2D eigenvalue weighted by atomic mass is 16.5. The number of aromatic nitrogens is 3. The minimum atomic E-state index is -0.213. The Hall–Kier alpha value is -1.88. The Balaban J connectivity index is 1.54. The predicted molar refractivity (Wildman–Crippen MR) is 128 cm³/mol. The highest BCUT2D eigenvalue weighted by molar-refractivity contribution is 5.36. The zero-order chi connectivity index (χ0) is 22.9. The Morgan fingerprint density at radius 1 is 1.19 bits per heavy atom. The second kappa shape index (κ2) is 9.17. The van der Waals surface area contributed by atoms with Gasteiger partial charge in [-0.15, -0.1) is 10.2 Å². The van der Waals surface area contributed by atoms with Crippen LogP contribution < -0.4 is 0 Å². The third-order valence-electron chi connectivity index (χ3n) is 8.10. The van der Waals surface area contributed by atoms with Gasteiger partial charge in [-0.3, -0.25) is 0 Å². The maximum Gasteiger partial charge on any atom is 0.119 e. The first kappa shape index (κ1) is 23.3. The lowest BCUT2D eigenvalue weighted by Gasteiger charge is -2.53. The van der Waals surface area contributed by atoms with Crippen LogP contribution in [-0.2, 0) is 11.3 Å². The molecule has 0 saturated carbocycles. The second-order valence-corrected chi connectivity index (χ2v) is 11.3. The Labute approximate surface area is 193 Å². The van der Waals surface area contributed by atoms with Crippen molar-refractivity contribution in [3.8, 4) is 0 Å². The number of aliphatic hydroxyl groups excluding tert-OH is 1. The molecule has 1 fully saturated rings. The van der Waals surface area contributed by atoms with Gasteiger partial charge >= 0.3 is 0 Å². The normalized spacial score (nSPS) is 29.5. The molecule has 2 heterocycles. The van der Waals surface area contributed by atoms with Gasteiger partial charge in [0.1, 0.15) is 12.7 Å². The monoisotopic (exact) mass is 439 g/mol. The lowest BCUT2D eigenvalue weighted by atomic mass is 9.61. The summed E-state index contributed by atoms with van der Waals surface area (Å²) in [4.78, 5) is 0. The van der Waals surface area contributed by atoms with E-state index in [1.165, 1.54) is 36.8 Å². The van der Waals surface area contributed by atoms with Gasteiger partial charge in [-0.2, -0.15) is 0 Å². The van der Waals surface area contributed by atoms with Crippen molar-refractivity contribution in [3.05, 3.63) is 47.8 Å². The molecular formula is C27H41N3O2. The van der Waals surface area contributed by atoms with Crippen LogP contribution in [0, 0.1) is 23.2 Å². The number of aliphatic hydroxyl groups is 1. The highest BCUT2D eigenvalue weighted by Gasteiger charge is 2.52. The largest absolute Gasteiger partial charge is 0.512 e. The number of nitrogens with zero attached hydrogens (tertiary/aromatic N) is 3. The van der Waals surface area contributed by atoms with Crippen LogP contribution >= 0.6 is 0 Å². The van der Waals surface area contributed by atoms with Gasteiger partial charge in [0.05, 0.1) is 17.5 Å². The first-order valence-corrected chi connectivity index (χ1v) is 12.5. The Morgan fingerprint density at radius 3 is 2.66 bits per heavy atom. The second-order valence-electron chi connectivity index (χ2n) is 11.3. The van der Waals surface area contributed by atoms with Crippen molar-refractivity contribution in [1.29, 1.82) is 0 Å². The van der Waals surface area contributed by atoms with E-state index in [-0.39, 0.29) is 23.0 Å². The average Bonchev–Trinajstić information content (AvgIpc) is 3.23. The van der Waals surface area contributed by atoms with Crippen LogP contribution in [0.1, 0.15) is 79.6 Å². The standard InChI is InChI=1S/C27H41N3O2/c1-6-7-8-9-12-26(2,3)20-14-23(31)25-21-13-19(16-30-17-28-29-18-30)10-11-22(21)27(4,5)32-24(25)15-20/h10,14-15,17-18,21-22,24-25,31H,6-9,11-13,16H2,1-5H3/t21?,22-,24?,25+/m0/s1. The zero-order valence-corrected chi connectivity index (χ0v) is 20.6. The van der Waals surface area contributed by atoms with E-state index in [4.69, 9.17) is 4.74 Å². The summed E-state index contributed by atoms with van der Waals surface area (Å²) in [6, 6.07) is 0. The summed E-state index contributed by atoms with van der Waals surface area (Å²) in [6.07, 6.45) is 18.4. The van der Waals surface area contributed by atoms with Crippen LogP contribution in [0.25, 0.3) is 0 Å². The molecule has 2 aliphatic carbocycles. The van der Waals surface area contributed by atoms with Crippen molar-refractivity contribution in [2.75, 3.05) is 0 Å². The van der Waals surface area contributed by atoms with E-state index >= 15 is 0 Å². The number of ether oxygens (including phenoxy) is 1. The molecule has 2 unspecified atom stereocenters. The van der Waals surface area contributed by atoms with Crippen LogP contribution in [-0.4, -0.2) is 31.6 Å². The van der Waals surface area contributed by atoms with E-state index in [2.05, 4.69) is 63.0 Å². The smallest absolute Gasteiger partial charge is 0.119 e.